The van der Waals surface area contributed by atoms with Crippen molar-refractivity contribution in [2.75, 3.05) is 50.7 Å². The molecule has 22 heavy (non-hydrogen) atoms. The summed E-state index contributed by atoms with van der Waals surface area (Å²) in [4.78, 5) is 19.0. The second kappa shape index (κ2) is 8.52. The molecule has 0 atom stereocenters. The average molecular weight is 300 g/mol. The van der Waals surface area contributed by atoms with Crippen molar-refractivity contribution in [3.8, 4) is 6.07 Å². The Kier molecular flexibility index (Phi) is 6.38. The molecule has 1 aromatic rings. The van der Waals surface area contributed by atoms with Crippen molar-refractivity contribution in [3.63, 3.8) is 0 Å². The van der Waals surface area contributed by atoms with Gasteiger partial charge in [-0.25, -0.2) is 0 Å². The van der Waals surface area contributed by atoms with Crippen molar-refractivity contribution in [1.82, 2.24) is 9.80 Å². The number of carbonyl (C=O) groups excluding carboxylic acids is 1. The van der Waals surface area contributed by atoms with E-state index in [0.29, 0.717) is 19.5 Å². The number of nitrogens with zero attached hydrogens (tertiary/aromatic N) is 4. The molecule has 0 saturated carbocycles. The number of amides is 1. The molecule has 0 N–H and O–H groups in total. The summed E-state index contributed by atoms with van der Waals surface area (Å²) >= 11 is 0. The highest BCUT2D eigenvalue weighted by molar-refractivity contribution is 5.94. The van der Waals surface area contributed by atoms with Gasteiger partial charge in [-0.1, -0.05) is 25.1 Å². The van der Waals surface area contributed by atoms with Gasteiger partial charge in [0.2, 0.25) is 5.91 Å². The van der Waals surface area contributed by atoms with E-state index in [-0.39, 0.29) is 5.91 Å². The fourth-order valence-electron chi connectivity index (χ4n) is 2.71. The topological polar surface area (TPSA) is 50.6 Å². The summed E-state index contributed by atoms with van der Waals surface area (Å²) in [6.07, 6.45) is 0.351. The number of piperazine rings is 1. The number of likely N-dealkylation sites (N-methyl/N-ethyl adjacent to an activating group) is 1. The van der Waals surface area contributed by atoms with Gasteiger partial charge in [0.1, 0.15) is 0 Å². The van der Waals surface area contributed by atoms with E-state index in [2.05, 4.69) is 22.8 Å². The summed E-state index contributed by atoms with van der Waals surface area (Å²) in [5.74, 6) is 0.0754. The molecular formula is C17H24N4O. The lowest BCUT2D eigenvalue weighted by molar-refractivity contribution is -0.120. The Morgan fingerprint density at radius 3 is 2.41 bits per heavy atom. The molecule has 0 spiro atoms. The third-order valence-corrected chi connectivity index (χ3v) is 4.09. The lowest BCUT2D eigenvalue weighted by Gasteiger charge is -2.34. The molecule has 0 bridgehead atoms. The fraction of sp³-hybridized carbons (Fsp3) is 0.529. The molecule has 0 aliphatic carbocycles. The normalized spacial score (nSPS) is 16.2. The van der Waals surface area contributed by atoms with Gasteiger partial charge in [0.25, 0.3) is 0 Å². The van der Waals surface area contributed by atoms with Crippen molar-refractivity contribution in [2.45, 2.75) is 13.3 Å². The smallest absolute Gasteiger partial charge is 0.241 e. The van der Waals surface area contributed by atoms with Gasteiger partial charge >= 0.3 is 0 Å². The zero-order chi connectivity index (χ0) is 15.8. The Morgan fingerprint density at radius 1 is 1.18 bits per heavy atom. The molecule has 2 rings (SSSR count). The molecule has 1 aliphatic rings. The van der Waals surface area contributed by atoms with Crippen molar-refractivity contribution < 1.29 is 4.79 Å². The summed E-state index contributed by atoms with van der Waals surface area (Å²) in [6, 6.07) is 11.7. The van der Waals surface area contributed by atoms with E-state index in [1.165, 1.54) is 0 Å². The maximum Gasteiger partial charge on any atom is 0.241 e. The first-order chi connectivity index (χ1) is 10.7. The standard InChI is InChI=1S/C17H24N4O/c1-2-19-11-13-20(14-12-19)15-17(22)21(10-6-9-18)16-7-4-3-5-8-16/h3-5,7-8H,2,6,10-15H2,1H3. The molecule has 1 heterocycles. The summed E-state index contributed by atoms with van der Waals surface area (Å²) in [5, 5.41) is 8.82. The van der Waals surface area contributed by atoms with E-state index in [1.54, 1.807) is 4.90 Å². The highest BCUT2D eigenvalue weighted by atomic mass is 16.2. The van der Waals surface area contributed by atoms with Crippen LogP contribution in [0, 0.1) is 11.3 Å². The van der Waals surface area contributed by atoms with Crippen molar-refractivity contribution in [1.29, 1.82) is 5.26 Å². The van der Waals surface area contributed by atoms with Crippen LogP contribution < -0.4 is 4.90 Å². The molecule has 5 nitrogen and oxygen atoms in total. The van der Waals surface area contributed by atoms with Crippen LogP contribution in [-0.4, -0.2) is 61.5 Å². The van der Waals surface area contributed by atoms with Gasteiger partial charge < -0.3 is 9.80 Å². The number of carbonyl (C=O) groups is 1. The van der Waals surface area contributed by atoms with Crippen LogP contribution in [0.1, 0.15) is 13.3 Å². The van der Waals surface area contributed by atoms with Crippen molar-refractivity contribution in [2.24, 2.45) is 0 Å². The third kappa shape index (κ3) is 4.55. The van der Waals surface area contributed by atoms with Crippen molar-refractivity contribution in [3.05, 3.63) is 30.3 Å². The Balaban J connectivity index is 1.96. The maximum atomic E-state index is 12.6. The van der Waals surface area contributed by atoms with Gasteiger partial charge in [-0.2, -0.15) is 5.26 Å². The van der Waals surface area contributed by atoms with Crippen LogP contribution in [0.2, 0.25) is 0 Å². The Hall–Kier alpha value is -1.90. The van der Waals surface area contributed by atoms with Crippen LogP contribution in [0.15, 0.2) is 30.3 Å². The summed E-state index contributed by atoms with van der Waals surface area (Å²) < 4.78 is 0. The summed E-state index contributed by atoms with van der Waals surface area (Å²) in [6.45, 7) is 8.02. The minimum atomic E-state index is 0.0754. The molecular weight excluding hydrogens is 276 g/mol. The number of benzene rings is 1. The zero-order valence-corrected chi connectivity index (χ0v) is 13.2. The zero-order valence-electron chi connectivity index (χ0n) is 13.2. The molecule has 1 aromatic carbocycles. The number of rotatable bonds is 6. The molecule has 1 fully saturated rings. The van der Waals surface area contributed by atoms with Crippen LogP contribution in [0.4, 0.5) is 5.69 Å². The van der Waals surface area contributed by atoms with E-state index < -0.39 is 0 Å². The van der Waals surface area contributed by atoms with Gasteiger partial charge in [-0.15, -0.1) is 0 Å². The molecule has 118 valence electrons. The van der Waals surface area contributed by atoms with E-state index >= 15 is 0 Å². The van der Waals surface area contributed by atoms with Gasteiger partial charge in [0.05, 0.1) is 19.0 Å². The number of para-hydroxylation sites is 1. The first-order valence-electron chi connectivity index (χ1n) is 7.91. The minimum Gasteiger partial charge on any atom is -0.310 e. The van der Waals surface area contributed by atoms with Crippen LogP contribution in [0.3, 0.4) is 0 Å². The van der Waals surface area contributed by atoms with Crippen molar-refractivity contribution >= 4 is 11.6 Å². The highest BCUT2D eigenvalue weighted by Gasteiger charge is 2.21. The van der Waals surface area contributed by atoms with E-state index in [9.17, 15) is 4.79 Å². The predicted octanol–water partition coefficient (Wildman–Crippen LogP) is 1.57. The molecule has 0 aromatic heterocycles. The average Bonchev–Trinajstić information content (AvgIpc) is 2.57. The summed E-state index contributed by atoms with van der Waals surface area (Å²) in [5.41, 5.74) is 0.870. The van der Waals surface area contributed by atoms with Crippen LogP contribution in [0.25, 0.3) is 0 Å². The lowest BCUT2D eigenvalue weighted by Crippen LogP contribution is -2.50. The Morgan fingerprint density at radius 2 is 1.82 bits per heavy atom. The monoisotopic (exact) mass is 300 g/mol. The molecule has 5 heteroatoms. The second-order valence-corrected chi connectivity index (χ2v) is 5.50. The molecule has 0 unspecified atom stereocenters. The first-order valence-corrected chi connectivity index (χ1v) is 7.91. The van der Waals surface area contributed by atoms with Crippen LogP contribution in [-0.2, 0) is 4.79 Å². The largest absolute Gasteiger partial charge is 0.310 e. The van der Waals surface area contributed by atoms with E-state index in [4.69, 9.17) is 5.26 Å². The summed E-state index contributed by atoms with van der Waals surface area (Å²) in [7, 11) is 0. The fourth-order valence-corrected chi connectivity index (χ4v) is 2.71. The van der Waals surface area contributed by atoms with E-state index in [1.807, 2.05) is 30.3 Å². The molecule has 1 saturated heterocycles. The quantitative estimate of drug-likeness (QED) is 0.800. The van der Waals surface area contributed by atoms with E-state index in [0.717, 1.165) is 38.4 Å². The number of hydrogen-bond acceptors (Lipinski definition) is 4. The van der Waals surface area contributed by atoms with Gasteiger partial charge in [0.15, 0.2) is 0 Å². The third-order valence-electron chi connectivity index (χ3n) is 4.09. The SMILES string of the molecule is CCN1CCN(CC(=O)N(CCC#N)c2ccccc2)CC1. The lowest BCUT2D eigenvalue weighted by atomic mass is 10.2. The Labute approximate surface area is 132 Å². The molecule has 0 radical (unpaired) electrons. The van der Waals surface area contributed by atoms with Gasteiger partial charge in [0, 0.05) is 38.4 Å². The number of nitriles is 1. The molecule has 1 aliphatic heterocycles. The maximum absolute atomic E-state index is 12.6. The molecule has 1 amide bonds. The predicted molar refractivity (Wildman–Crippen MR) is 87.6 cm³/mol. The minimum absolute atomic E-state index is 0.0754. The number of anilines is 1. The first kappa shape index (κ1) is 16.5. The second-order valence-electron chi connectivity index (χ2n) is 5.50. The van der Waals surface area contributed by atoms with Gasteiger partial charge in [-0.3, -0.25) is 9.69 Å². The highest BCUT2D eigenvalue weighted by Crippen LogP contribution is 2.14. The number of hydrogen-bond donors (Lipinski definition) is 0. The van der Waals surface area contributed by atoms with Crippen LogP contribution in [0.5, 0.6) is 0 Å². The van der Waals surface area contributed by atoms with Gasteiger partial charge in [-0.05, 0) is 18.7 Å². The van der Waals surface area contributed by atoms with Crippen LogP contribution >= 0.6 is 0 Å². The Bertz CT molecular complexity index is 503.